The predicted molar refractivity (Wildman–Crippen MR) is 121 cm³/mol. The zero-order valence-corrected chi connectivity index (χ0v) is 18.7. The number of amides is 4. The number of benzene rings is 2. The van der Waals surface area contributed by atoms with Crippen molar-refractivity contribution < 1.29 is 19.1 Å². The van der Waals surface area contributed by atoms with E-state index in [1.807, 2.05) is 6.07 Å². The molecule has 174 valence electrons. The number of tetrazole rings is 1. The van der Waals surface area contributed by atoms with Gasteiger partial charge < -0.3 is 15.4 Å². The lowest BCUT2D eigenvalue weighted by Crippen LogP contribution is -2.42. The number of aromatic nitrogens is 4. The molecule has 2 N–H and O–H groups in total. The maximum Gasteiger partial charge on any atom is 0.325 e. The number of carbonyl (C=O) groups excluding carboxylic acids is 3. The molecule has 1 aliphatic heterocycles. The molecule has 2 aliphatic rings. The first-order chi connectivity index (χ1) is 16.4. The number of carbonyl (C=O) groups is 3. The van der Waals surface area contributed by atoms with Crippen LogP contribution in [0.5, 0.6) is 5.75 Å². The second kappa shape index (κ2) is 8.25. The van der Waals surface area contributed by atoms with E-state index in [1.165, 1.54) is 0 Å². The van der Waals surface area contributed by atoms with Crippen molar-refractivity contribution >= 4 is 23.5 Å². The van der Waals surface area contributed by atoms with Gasteiger partial charge in [0.25, 0.3) is 5.91 Å². The van der Waals surface area contributed by atoms with Crippen molar-refractivity contribution in [1.82, 2.24) is 30.4 Å². The quantitative estimate of drug-likeness (QED) is 0.515. The molecule has 2 fully saturated rings. The van der Waals surface area contributed by atoms with Crippen LogP contribution in [-0.2, 0) is 15.1 Å². The van der Waals surface area contributed by atoms with Gasteiger partial charge in [0.1, 0.15) is 17.8 Å². The molecule has 0 radical (unpaired) electrons. The number of nitrogens with zero attached hydrogens (tertiary/aromatic N) is 5. The van der Waals surface area contributed by atoms with Crippen LogP contribution < -0.4 is 15.4 Å². The monoisotopic (exact) mass is 461 g/mol. The fourth-order valence-corrected chi connectivity index (χ4v) is 3.99. The second-order valence-corrected chi connectivity index (χ2v) is 8.48. The maximum absolute atomic E-state index is 13.1. The molecule has 0 spiro atoms. The fourth-order valence-electron chi connectivity index (χ4n) is 3.99. The second-order valence-electron chi connectivity index (χ2n) is 8.48. The summed E-state index contributed by atoms with van der Waals surface area (Å²) in [6, 6.07) is 13.6. The molecule has 1 aliphatic carbocycles. The van der Waals surface area contributed by atoms with Gasteiger partial charge in [-0.3, -0.25) is 14.5 Å². The largest absolute Gasteiger partial charge is 0.497 e. The minimum Gasteiger partial charge on any atom is -0.497 e. The van der Waals surface area contributed by atoms with E-state index in [4.69, 9.17) is 4.74 Å². The predicted octanol–water partition coefficient (Wildman–Crippen LogP) is 2.09. The number of anilines is 1. The third-order valence-electron chi connectivity index (χ3n) is 6.03. The Morgan fingerprint density at radius 3 is 2.68 bits per heavy atom. The lowest BCUT2D eigenvalue weighted by Gasteiger charge is -2.22. The Kier molecular flexibility index (Phi) is 5.23. The number of methoxy groups -OCH3 is 1. The highest BCUT2D eigenvalue weighted by Crippen LogP contribution is 2.37. The van der Waals surface area contributed by atoms with Crippen molar-refractivity contribution in [2.24, 2.45) is 0 Å². The van der Waals surface area contributed by atoms with Gasteiger partial charge in [-0.15, -0.1) is 5.10 Å². The van der Waals surface area contributed by atoms with Crippen molar-refractivity contribution in [3.8, 4) is 17.1 Å². The van der Waals surface area contributed by atoms with Gasteiger partial charge in [0.2, 0.25) is 5.91 Å². The van der Waals surface area contributed by atoms with E-state index >= 15 is 0 Å². The van der Waals surface area contributed by atoms with Crippen LogP contribution in [0.3, 0.4) is 0 Å². The molecule has 2 heterocycles. The third kappa shape index (κ3) is 3.85. The van der Waals surface area contributed by atoms with Crippen LogP contribution in [0.1, 0.15) is 31.4 Å². The summed E-state index contributed by atoms with van der Waals surface area (Å²) in [5.41, 5.74) is 0.592. The number of imide groups is 1. The number of hydrogen-bond acceptors (Lipinski definition) is 7. The highest BCUT2D eigenvalue weighted by Gasteiger charge is 2.49. The van der Waals surface area contributed by atoms with Gasteiger partial charge in [-0.2, -0.15) is 0 Å². The average Bonchev–Trinajstić information content (AvgIpc) is 3.52. The maximum atomic E-state index is 13.1. The minimum absolute atomic E-state index is 0.308. The molecule has 34 heavy (non-hydrogen) atoms. The lowest BCUT2D eigenvalue weighted by atomic mass is 9.92. The van der Waals surface area contributed by atoms with E-state index in [9.17, 15) is 14.4 Å². The standard InChI is InChI=1S/C23H23N7O4/c1-23(15-6-10-18(34-2)11-7-15)21(32)29(22(33)25-23)13-19(31)24-16-5-3-4-14(12-16)20-26-27-28-30(20)17-8-9-17/h3-7,10-12,17H,8-9,13H2,1-2H3,(H,24,31)(H,25,33)/t23-/m1/s1. The first-order valence-electron chi connectivity index (χ1n) is 10.9. The van der Waals surface area contributed by atoms with E-state index in [0.29, 0.717) is 28.9 Å². The Hall–Kier alpha value is -4.28. The summed E-state index contributed by atoms with van der Waals surface area (Å²) in [5, 5.41) is 17.4. The smallest absolute Gasteiger partial charge is 0.325 e. The van der Waals surface area contributed by atoms with Crippen molar-refractivity contribution in [2.45, 2.75) is 31.3 Å². The number of rotatable bonds is 7. The van der Waals surface area contributed by atoms with Gasteiger partial charge in [0, 0.05) is 11.3 Å². The van der Waals surface area contributed by atoms with Crippen LogP contribution in [0.2, 0.25) is 0 Å². The molecule has 11 heteroatoms. The molecular weight excluding hydrogens is 438 g/mol. The number of hydrogen-bond donors (Lipinski definition) is 2. The molecule has 3 aromatic rings. The molecule has 1 atom stereocenters. The summed E-state index contributed by atoms with van der Waals surface area (Å²) in [7, 11) is 1.55. The van der Waals surface area contributed by atoms with Gasteiger partial charge >= 0.3 is 6.03 Å². The first kappa shape index (κ1) is 21.6. The minimum atomic E-state index is -1.27. The fraction of sp³-hybridized carbons (Fsp3) is 0.304. The van der Waals surface area contributed by atoms with E-state index in [2.05, 4.69) is 26.2 Å². The van der Waals surface area contributed by atoms with Gasteiger partial charge in [-0.25, -0.2) is 9.48 Å². The number of nitrogens with one attached hydrogen (secondary N) is 2. The third-order valence-corrected chi connectivity index (χ3v) is 6.03. The van der Waals surface area contributed by atoms with E-state index in [1.54, 1.807) is 61.2 Å². The molecule has 1 aromatic heterocycles. The van der Waals surface area contributed by atoms with Gasteiger partial charge in [-0.1, -0.05) is 24.3 Å². The summed E-state index contributed by atoms with van der Waals surface area (Å²) in [6.07, 6.45) is 2.08. The van der Waals surface area contributed by atoms with Crippen molar-refractivity contribution in [3.63, 3.8) is 0 Å². The van der Waals surface area contributed by atoms with Crippen LogP contribution in [-0.4, -0.2) is 56.6 Å². The van der Waals surface area contributed by atoms with Crippen LogP contribution >= 0.6 is 0 Å². The molecule has 2 aromatic carbocycles. The summed E-state index contributed by atoms with van der Waals surface area (Å²) in [4.78, 5) is 39.3. The Morgan fingerprint density at radius 2 is 1.97 bits per heavy atom. The van der Waals surface area contributed by atoms with Gasteiger partial charge in [-0.05, 0) is 60.0 Å². The summed E-state index contributed by atoms with van der Waals surface area (Å²) in [6.45, 7) is 1.20. The van der Waals surface area contributed by atoms with Gasteiger partial charge in [0.05, 0.1) is 13.2 Å². The average molecular weight is 461 g/mol. The molecular formula is C23H23N7O4. The van der Waals surface area contributed by atoms with E-state index in [-0.39, 0.29) is 0 Å². The van der Waals surface area contributed by atoms with Crippen molar-refractivity contribution in [1.29, 1.82) is 0 Å². The number of urea groups is 1. The van der Waals surface area contributed by atoms with Crippen LogP contribution in [0.4, 0.5) is 10.5 Å². The molecule has 0 bridgehead atoms. The molecule has 1 saturated carbocycles. The Labute approximate surface area is 195 Å². The summed E-state index contributed by atoms with van der Waals surface area (Å²) >= 11 is 0. The Morgan fingerprint density at radius 1 is 1.21 bits per heavy atom. The lowest BCUT2D eigenvalue weighted by molar-refractivity contribution is -0.133. The molecule has 5 rings (SSSR count). The van der Waals surface area contributed by atoms with Crippen molar-refractivity contribution in [2.75, 3.05) is 19.0 Å². The molecule has 0 unspecified atom stereocenters. The highest BCUT2D eigenvalue weighted by molar-refractivity contribution is 6.10. The van der Waals surface area contributed by atoms with E-state index < -0.39 is 29.9 Å². The zero-order valence-electron chi connectivity index (χ0n) is 18.7. The Bertz CT molecular complexity index is 1270. The topological polar surface area (TPSA) is 131 Å². The SMILES string of the molecule is COc1ccc([C@@]2(C)NC(=O)N(CC(=O)Nc3cccc(-c4nnnn4C4CC4)c3)C2=O)cc1. The summed E-state index contributed by atoms with van der Waals surface area (Å²) < 4.78 is 6.93. The normalized spacial score (nSPS) is 19.8. The van der Waals surface area contributed by atoms with E-state index in [0.717, 1.165) is 23.3 Å². The van der Waals surface area contributed by atoms with Crippen LogP contribution in [0.15, 0.2) is 48.5 Å². The molecule has 1 saturated heterocycles. The van der Waals surface area contributed by atoms with Gasteiger partial charge in [0.15, 0.2) is 5.82 Å². The van der Waals surface area contributed by atoms with Crippen molar-refractivity contribution in [3.05, 3.63) is 54.1 Å². The highest BCUT2D eigenvalue weighted by atomic mass is 16.5. The zero-order chi connectivity index (χ0) is 23.9. The molecule has 11 nitrogen and oxygen atoms in total. The van der Waals surface area contributed by atoms with Crippen LogP contribution in [0.25, 0.3) is 11.4 Å². The molecule has 4 amide bonds. The number of ether oxygens (including phenoxy) is 1. The van der Waals surface area contributed by atoms with Crippen LogP contribution in [0, 0.1) is 0 Å². The summed E-state index contributed by atoms with van der Waals surface area (Å²) in [5.74, 6) is 0.258. The Balaban J connectivity index is 1.28. The first-order valence-corrected chi connectivity index (χ1v) is 10.9.